The Hall–Kier alpha value is -2.42. The lowest BCUT2D eigenvalue weighted by Gasteiger charge is -2.11. The maximum atomic E-state index is 12.8. The Kier molecular flexibility index (Phi) is 4.66. The minimum atomic E-state index is -4.66. The van der Waals surface area contributed by atoms with Gasteiger partial charge in [0.2, 0.25) is 11.7 Å². The summed E-state index contributed by atoms with van der Waals surface area (Å²) in [7, 11) is -2.39. The third-order valence-corrected chi connectivity index (χ3v) is 4.26. The summed E-state index contributed by atoms with van der Waals surface area (Å²) in [5.74, 6) is -1.36. The summed E-state index contributed by atoms with van der Waals surface area (Å²) >= 11 is 0. The van der Waals surface area contributed by atoms with E-state index in [9.17, 15) is 26.4 Å². The van der Waals surface area contributed by atoms with Crippen molar-refractivity contribution in [3.8, 4) is 5.88 Å². The average Bonchev–Trinajstić information content (AvgIpc) is 2.52. The van der Waals surface area contributed by atoms with Crippen LogP contribution in [0.1, 0.15) is 21.6 Å². The van der Waals surface area contributed by atoms with Gasteiger partial charge < -0.3 is 4.74 Å². The highest BCUT2D eigenvalue weighted by atomic mass is 32.2. The number of ketones is 1. The zero-order chi connectivity index (χ0) is 18.1. The van der Waals surface area contributed by atoms with Gasteiger partial charge in [-0.25, -0.2) is 13.4 Å². The number of hydrogen-bond donors (Lipinski definition) is 0. The Morgan fingerprint density at radius 2 is 1.67 bits per heavy atom. The lowest BCUT2D eigenvalue weighted by atomic mass is 10.1. The Morgan fingerprint density at radius 1 is 1.08 bits per heavy atom. The summed E-state index contributed by atoms with van der Waals surface area (Å²) in [6.45, 7) is 0. The topological polar surface area (TPSA) is 73.3 Å². The SMILES string of the molecule is COc1nc(C(=O)c2ccc(S(C)(=O)=O)cc2)ccc1C(F)(F)F. The summed E-state index contributed by atoms with van der Waals surface area (Å²) in [6.07, 6.45) is -3.64. The highest BCUT2D eigenvalue weighted by Gasteiger charge is 2.35. The molecule has 0 radical (unpaired) electrons. The van der Waals surface area contributed by atoms with Crippen molar-refractivity contribution in [1.82, 2.24) is 4.98 Å². The van der Waals surface area contributed by atoms with Crippen LogP contribution in [0.3, 0.4) is 0 Å². The van der Waals surface area contributed by atoms with Crippen LogP contribution in [0, 0.1) is 0 Å². The van der Waals surface area contributed by atoms with Crippen LogP contribution < -0.4 is 4.74 Å². The number of carbonyl (C=O) groups excluding carboxylic acids is 1. The van der Waals surface area contributed by atoms with Crippen LogP contribution in [-0.2, 0) is 16.0 Å². The van der Waals surface area contributed by atoms with Crippen LogP contribution in [0.5, 0.6) is 5.88 Å². The predicted octanol–water partition coefficient (Wildman–Crippen LogP) is 2.74. The molecular weight excluding hydrogens is 347 g/mol. The molecule has 0 saturated carbocycles. The lowest BCUT2D eigenvalue weighted by Crippen LogP contribution is -2.12. The number of hydrogen-bond acceptors (Lipinski definition) is 5. The van der Waals surface area contributed by atoms with Crippen LogP contribution in [0.4, 0.5) is 13.2 Å². The molecule has 0 saturated heterocycles. The number of carbonyl (C=O) groups is 1. The van der Waals surface area contributed by atoms with Crippen molar-refractivity contribution in [3.63, 3.8) is 0 Å². The van der Waals surface area contributed by atoms with E-state index < -0.39 is 33.2 Å². The zero-order valence-electron chi connectivity index (χ0n) is 12.6. The van der Waals surface area contributed by atoms with E-state index in [2.05, 4.69) is 9.72 Å². The fraction of sp³-hybridized carbons (Fsp3) is 0.200. The Bertz CT molecular complexity index is 875. The minimum Gasteiger partial charge on any atom is -0.481 e. The molecule has 1 heterocycles. The largest absolute Gasteiger partial charge is 0.481 e. The monoisotopic (exact) mass is 359 g/mol. The van der Waals surface area contributed by atoms with Crippen molar-refractivity contribution < 1.29 is 31.1 Å². The Morgan fingerprint density at radius 3 is 2.12 bits per heavy atom. The van der Waals surface area contributed by atoms with Gasteiger partial charge in [0.15, 0.2) is 9.84 Å². The quantitative estimate of drug-likeness (QED) is 0.785. The molecule has 0 aliphatic carbocycles. The fourth-order valence-electron chi connectivity index (χ4n) is 1.94. The maximum absolute atomic E-state index is 12.8. The molecule has 2 rings (SSSR count). The molecule has 0 amide bonds. The molecule has 0 aliphatic rings. The number of methoxy groups -OCH3 is 1. The second kappa shape index (κ2) is 6.23. The number of sulfone groups is 1. The van der Waals surface area contributed by atoms with Crippen molar-refractivity contribution in [1.29, 1.82) is 0 Å². The summed E-state index contributed by atoms with van der Waals surface area (Å²) in [5.41, 5.74) is -1.24. The molecule has 0 fully saturated rings. The number of aromatic nitrogens is 1. The number of pyridine rings is 1. The van der Waals surface area contributed by atoms with Crippen LogP contribution in [0.2, 0.25) is 0 Å². The van der Waals surface area contributed by atoms with E-state index in [-0.39, 0.29) is 16.2 Å². The van der Waals surface area contributed by atoms with Gasteiger partial charge in [-0.3, -0.25) is 4.79 Å². The minimum absolute atomic E-state index is 0.0250. The third kappa shape index (κ3) is 3.73. The molecule has 9 heteroatoms. The van der Waals surface area contributed by atoms with Crippen molar-refractivity contribution in [2.75, 3.05) is 13.4 Å². The van der Waals surface area contributed by atoms with Gasteiger partial charge >= 0.3 is 6.18 Å². The van der Waals surface area contributed by atoms with Gasteiger partial charge in [0.1, 0.15) is 11.3 Å². The summed E-state index contributed by atoms with van der Waals surface area (Å²) < 4.78 is 65.7. The molecule has 0 aliphatic heterocycles. The Labute approximate surface area is 136 Å². The zero-order valence-corrected chi connectivity index (χ0v) is 13.4. The van der Waals surface area contributed by atoms with Gasteiger partial charge in [0.05, 0.1) is 12.0 Å². The number of benzene rings is 1. The van der Waals surface area contributed by atoms with Gasteiger partial charge in [-0.15, -0.1) is 0 Å². The van der Waals surface area contributed by atoms with E-state index in [1.165, 1.54) is 24.3 Å². The van der Waals surface area contributed by atoms with E-state index in [4.69, 9.17) is 0 Å². The molecule has 1 aromatic carbocycles. The summed E-state index contributed by atoms with van der Waals surface area (Å²) in [6, 6.07) is 6.67. The molecule has 2 aromatic rings. The van der Waals surface area contributed by atoms with Crippen molar-refractivity contribution in [3.05, 3.63) is 53.2 Å². The van der Waals surface area contributed by atoms with Gasteiger partial charge in [-0.2, -0.15) is 13.2 Å². The molecular formula is C15H12F3NO4S. The fourth-order valence-corrected chi connectivity index (χ4v) is 2.57. The van der Waals surface area contributed by atoms with Crippen LogP contribution in [-0.4, -0.2) is 32.6 Å². The molecule has 0 spiro atoms. The Balaban J connectivity index is 2.40. The summed E-state index contributed by atoms with van der Waals surface area (Å²) in [5, 5.41) is 0. The van der Waals surface area contributed by atoms with E-state index in [0.717, 1.165) is 19.4 Å². The highest BCUT2D eigenvalue weighted by Crippen LogP contribution is 2.35. The molecule has 0 bridgehead atoms. The van der Waals surface area contributed by atoms with Gasteiger partial charge in [-0.1, -0.05) is 0 Å². The molecule has 5 nitrogen and oxygen atoms in total. The number of ether oxygens (including phenoxy) is 1. The van der Waals surface area contributed by atoms with E-state index >= 15 is 0 Å². The molecule has 0 N–H and O–H groups in total. The second-order valence-electron chi connectivity index (χ2n) is 4.88. The van der Waals surface area contributed by atoms with Gasteiger partial charge in [-0.05, 0) is 36.4 Å². The molecule has 1 aromatic heterocycles. The number of halogens is 3. The molecule has 128 valence electrons. The predicted molar refractivity (Wildman–Crippen MR) is 78.8 cm³/mol. The first-order chi connectivity index (χ1) is 11.0. The first-order valence-electron chi connectivity index (χ1n) is 6.51. The molecule has 0 atom stereocenters. The number of alkyl halides is 3. The van der Waals surface area contributed by atoms with E-state index in [1.807, 2.05) is 0 Å². The van der Waals surface area contributed by atoms with Crippen molar-refractivity contribution in [2.24, 2.45) is 0 Å². The summed E-state index contributed by atoms with van der Waals surface area (Å²) in [4.78, 5) is 15.9. The lowest BCUT2D eigenvalue weighted by molar-refractivity contribution is -0.139. The van der Waals surface area contributed by atoms with Crippen molar-refractivity contribution >= 4 is 15.6 Å². The van der Waals surface area contributed by atoms with Crippen molar-refractivity contribution in [2.45, 2.75) is 11.1 Å². The first kappa shape index (κ1) is 17.9. The van der Waals surface area contributed by atoms with Crippen LogP contribution in [0.15, 0.2) is 41.3 Å². The number of rotatable bonds is 4. The smallest absolute Gasteiger partial charge is 0.421 e. The van der Waals surface area contributed by atoms with E-state index in [0.29, 0.717) is 6.07 Å². The number of nitrogens with zero attached hydrogens (tertiary/aromatic N) is 1. The maximum Gasteiger partial charge on any atom is 0.421 e. The van der Waals surface area contributed by atoms with Crippen LogP contribution in [0.25, 0.3) is 0 Å². The molecule has 24 heavy (non-hydrogen) atoms. The van der Waals surface area contributed by atoms with Gasteiger partial charge in [0.25, 0.3) is 0 Å². The third-order valence-electron chi connectivity index (χ3n) is 3.14. The average molecular weight is 359 g/mol. The first-order valence-corrected chi connectivity index (χ1v) is 8.40. The molecule has 0 unspecified atom stereocenters. The highest BCUT2D eigenvalue weighted by molar-refractivity contribution is 7.90. The van der Waals surface area contributed by atoms with Gasteiger partial charge in [0, 0.05) is 11.8 Å². The standard InChI is InChI=1S/C15H12F3NO4S/c1-23-14-11(15(16,17)18)7-8-12(19-14)13(20)9-3-5-10(6-4-9)24(2,21)22/h3-8H,1-2H3. The normalized spacial score (nSPS) is 12.0. The van der Waals surface area contributed by atoms with Crippen LogP contribution >= 0.6 is 0 Å². The second-order valence-corrected chi connectivity index (χ2v) is 6.89. The van der Waals surface area contributed by atoms with E-state index in [1.54, 1.807) is 0 Å².